The largest absolute Gasteiger partial charge is 0.393 e. The number of hydrogen-bond acceptors (Lipinski definition) is 2. The van der Waals surface area contributed by atoms with Gasteiger partial charge < -0.3 is 15.3 Å². The van der Waals surface area contributed by atoms with E-state index in [9.17, 15) is 5.11 Å². The summed E-state index contributed by atoms with van der Waals surface area (Å²) in [5.74, 6) is 2.91. The summed E-state index contributed by atoms with van der Waals surface area (Å²) in [7, 11) is 1.88. The molecule has 2 saturated carbocycles. The van der Waals surface area contributed by atoms with Gasteiger partial charge in [0.25, 0.3) is 0 Å². The fourth-order valence-corrected chi connectivity index (χ4v) is 4.00. The van der Waals surface area contributed by atoms with Gasteiger partial charge in [0.2, 0.25) is 0 Å². The van der Waals surface area contributed by atoms with E-state index in [0.29, 0.717) is 6.04 Å². The van der Waals surface area contributed by atoms with Crippen molar-refractivity contribution in [2.24, 2.45) is 16.8 Å². The molecule has 2 atom stereocenters. The lowest BCUT2D eigenvalue weighted by atomic mass is 9.85. The van der Waals surface area contributed by atoms with Gasteiger partial charge in [-0.3, -0.25) is 4.99 Å². The topological polar surface area (TPSA) is 47.9 Å². The van der Waals surface area contributed by atoms with Crippen LogP contribution in [0.25, 0.3) is 0 Å². The molecule has 1 heterocycles. The lowest BCUT2D eigenvalue weighted by molar-refractivity contribution is 0.108. The first-order valence-electron chi connectivity index (χ1n) is 8.44. The summed E-state index contributed by atoms with van der Waals surface area (Å²) in [6.45, 7) is 1.86. The molecule has 0 spiro atoms. The zero-order valence-electron chi connectivity index (χ0n) is 12.7. The predicted octanol–water partition coefficient (Wildman–Crippen LogP) is 1.99. The van der Waals surface area contributed by atoms with Crippen molar-refractivity contribution < 1.29 is 5.11 Å². The van der Waals surface area contributed by atoms with E-state index in [1.54, 1.807) is 0 Å². The minimum absolute atomic E-state index is 0.111. The monoisotopic (exact) mass is 279 g/mol. The summed E-state index contributed by atoms with van der Waals surface area (Å²) in [6, 6.07) is 0.656. The number of nitrogens with zero attached hydrogens (tertiary/aromatic N) is 2. The van der Waals surface area contributed by atoms with Gasteiger partial charge in [0, 0.05) is 26.2 Å². The van der Waals surface area contributed by atoms with E-state index in [-0.39, 0.29) is 6.10 Å². The second kappa shape index (κ2) is 6.33. The van der Waals surface area contributed by atoms with E-state index < -0.39 is 0 Å². The number of aliphatic hydroxyl groups is 1. The first kappa shape index (κ1) is 14.2. The summed E-state index contributed by atoms with van der Waals surface area (Å²) in [5.41, 5.74) is 0. The van der Waals surface area contributed by atoms with Crippen LogP contribution in [0.2, 0.25) is 0 Å². The highest BCUT2D eigenvalue weighted by Crippen LogP contribution is 2.44. The Bertz CT molecular complexity index is 344. The first-order chi connectivity index (χ1) is 9.78. The van der Waals surface area contributed by atoms with Gasteiger partial charge in [-0.25, -0.2) is 0 Å². The quantitative estimate of drug-likeness (QED) is 0.600. The van der Waals surface area contributed by atoms with Gasteiger partial charge in [-0.15, -0.1) is 0 Å². The van der Waals surface area contributed by atoms with E-state index in [4.69, 9.17) is 0 Å². The molecule has 3 fully saturated rings. The van der Waals surface area contributed by atoms with Crippen LogP contribution in [0.1, 0.15) is 51.4 Å². The highest BCUT2D eigenvalue weighted by Gasteiger charge is 2.43. The van der Waals surface area contributed by atoms with Crippen molar-refractivity contribution in [3.8, 4) is 0 Å². The molecule has 20 heavy (non-hydrogen) atoms. The molecule has 1 saturated heterocycles. The average Bonchev–Trinajstić information content (AvgIpc) is 3.26. The number of aliphatic hydroxyl groups excluding tert-OH is 1. The Morgan fingerprint density at radius 1 is 1.10 bits per heavy atom. The van der Waals surface area contributed by atoms with Gasteiger partial charge in [-0.05, 0) is 31.1 Å². The summed E-state index contributed by atoms with van der Waals surface area (Å²) in [4.78, 5) is 6.75. The number of rotatable bonds is 2. The average molecular weight is 279 g/mol. The Kier molecular flexibility index (Phi) is 4.49. The second-order valence-electron chi connectivity index (χ2n) is 6.81. The van der Waals surface area contributed by atoms with Crippen LogP contribution in [-0.2, 0) is 0 Å². The molecule has 4 nitrogen and oxygen atoms in total. The Balaban J connectivity index is 1.47. The SMILES string of the molecule is CN=C(NC1CC1C1CCCCC1)N1CCC(O)CC1. The molecule has 0 aromatic carbocycles. The Morgan fingerprint density at radius 3 is 2.45 bits per heavy atom. The number of likely N-dealkylation sites (tertiary alicyclic amines) is 1. The maximum absolute atomic E-state index is 9.60. The Labute approximate surface area is 122 Å². The third-order valence-electron chi connectivity index (χ3n) is 5.39. The van der Waals surface area contributed by atoms with Crippen molar-refractivity contribution in [3.63, 3.8) is 0 Å². The second-order valence-corrected chi connectivity index (χ2v) is 6.81. The van der Waals surface area contributed by atoms with E-state index in [1.165, 1.54) is 38.5 Å². The van der Waals surface area contributed by atoms with Crippen LogP contribution in [0.5, 0.6) is 0 Å². The summed E-state index contributed by atoms with van der Waals surface area (Å²) >= 11 is 0. The fourth-order valence-electron chi connectivity index (χ4n) is 4.00. The van der Waals surface area contributed by atoms with Crippen LogP contribution >= 0.6 is 0 Å². The first-order valence-corrected chi connectivity index (χ1v) is 8.44. The molecule has 0 aromatic heterocycles. The van der Waals surface area contributed by atoms with Crippen LogP contribution in [-0.4, -0.2) is 48.2 Å². The van der Waals surface area contributed by atoms with Crippen molar-refractivity contribution in [3.05, 3.63) is 0 Å². The molecular formula is C16H29N3O. The highest BCUT2D eigenvalue weighted by molar-refractivity contribution is 5.80. The van der Waals surface area contributed by atoms with Gasteiger partial charge in [0.15, 0.2) is 5.96 Å². The standard InChI is InChI=1S/C16H29N3O/c1-17-16(19-9-7-13(20)8-10-19)18-15-11-14(15)12-5-3-2-4-6-12/h12-15,20H,2-11H2,1H3,(H,17,18). The molecule has 0 radical (unpaired) electrons. The highest BCUT2D eigenvalue weighted by atomic mass is 16.3. The van der Waals surface area contributed by atoms with Crippen molar-refractivity contribution in [2.75, 3.05) is 20.1 Å². The van der Waals surface area contributed by atoms with E-state index in [1.807, 2.05) is 7.05 Å². The molecule has 0 amide bonds. The molecule has 114 valence electrons. The summed E-state index contributed by atoms with van der Waals surface area (Å²) in [5, 5.41) is 13.3. The maximum atomic E-state index is 9.60. The van der Waals surface area contributed by atoms with E-state index >= 15 is 0 Å². The summed E-state index contributed by atoms with van der Waals surface area (Å²) in [6.07, 6.45) is 10.2. The molecule has 0 aromatic rings. The fraction of sp³-hybridized carbons (Fsp3) is 0.938. The smallest absolute Gasteiger partial charge is 0.193 e. The zero-order chi connectivity index (χ0) is 13.9. The van der Waals surface area contributed by atoms with Gasteiger partial charge in [0.05, 0.1) is 6.10 Å². The van der Waals surface area contributed by atoms with E-state index in [0.717, 1.165) is 43.7 Å². The third-order valence-corrected chi connectivity index (χ3v) is 5.39. The molecule has 2 N–H and O–H groups in total. The number of piperidine rings is 1. The predicted molar refractivity (Wildman–Crippen MR) is 81.8 cm³/mol. The third kappa shape index (κ3) is 3.27. The molecule has 3 rings (SSSR count). The number of aliphatic imine (C=N–C) groups is 1. The van der Waals surface area contributed by atoms with Crippen molar-refractivity contribution >= 4 is 5.96 Å². The lowest BCUT2D eigenvalue weighted by Crippen LogP contribution is -2.47. The van der Waals surface area contributed by atoms with Gasteiger partial charge in [0.1, 0.15) is 0 Å². The number of guanidine groups is 1. The van der Waals surface area contributed by atoms with Crippen LogP contribution in [0.3, 0.4) is 0 Å². The normalized spacial score (nSPS) is 33.3. The van der Waals surface area contributed by atoms with E-state index in [2.05, 4.69) is 15.2 Å². The Morgan fingerprint density at radius 2 is 1.80 bits per heavy atom. The molecule has 1 aliphatic heterocycles. The van der Waals surface area contributed by atoms with Crippen molar-refractivity contribution in [1.82, 2.24) is 10.2 Å². The van der Waals surface area contributed by atoms with Crippen LogP contribution in [0.4, 0.5) is 0 Å². The Hall–Kier alpha value is -0.770. The molecule has 3 aliphatic rings. The number of hydrogen-bond donors (Lipinski definition) is 2. The molecule has 2 unspecified atom stereocenters. The van der Waals surface area contributed by atoms with Gasteiger partial charge in [-0.1, -0.05) is 32.1 Å². The molecular weight excluding hydrogens is 250 g/mol. The minimum Gasteiger partial charge on any atom is -0.393 e. The van der Waals surface area contributed by atoms with Crippen molar-refractivity contribution in [2.45, 2.75) is 63.5 Å². The molecule has 0 bridgehead atoms. The van der Waals surface area contributed by atoms with Gasteiger partial charge in [-0.2, -0.15) is 0 Å². The molecule has 4 heteroatoms. The van der Waals surface area contributed by atoms with Crippen molar-refractivity contribution in [1.29, 1.82) is 0 Å². The number of nitrogens with one attached hydrogen (secondary N) is 1. The van der Waals surface area contributed by atoms with Crippen LogP contribution in [0.15, 0.2) is 4.99 Å². The zero-order valence-corrected chi connectivity index (χ0v) is 12.7. The van der Waals surface area contributed by atoms with Crippen LogP contribution < -0.4 is 5.32 Å². The minimum atomic E-state index is -0.111. The summed E-state index contributed by atoms with van der Waals surface area (Å²) < 4.78 is 0. The lowest BCUT2D eigenvalue weighted by Gasteiger charge is -2.32. The maximum Gasteiger partial charge on any atom is 0.193 e. The molecule has 2 aliphatic carbocycles. The van der Waals surface area contributed by atoms with Crippen LogP contribution in [0, 0.1) is 11.8 Å². The van der Waals surface area contributed by atoms with Gasteiger partial charge >= 0.3 is 0 Å².